The summed E-state index contributed by atoms with van der Waals surface area (Å²) in [6, 6.07) is 11.7. The fourth-order valence-corrected chi connectivity index (χ4v) is 3.43. The Labute approximate surface area is 123 Å². The van der Waals surface area contributed by atoms with E-state index in [4.69, 9.17) is 5.73 Å². The molecule has 1 atom stereocenters. The van der Waals surface area contributed by atoms with Crippen molar-refractivity contribution < 1.29 is 0 Å². The topological polar surface area (TPSA) is 29.3 Å². The van der Waals surface area contributed by atoms with Gasteiger partial charge in [0.25, 0.3) is 0 Å². The van der Waals surface area contributed by atoms with Crippen LogP contribution in [-0.4, -0.2) is 29.6 Å². The van der Waals surface area contributed by atoms with E-state index in [1.54, 1.807) is 0 Å². The first-order valence-electron chi connectivity index (χ1n) is 8.28. The molecule has 0 bridgehead atoms. The Morgan fingerprint density at radius 3 is 2.35 bits per heavy atom. The van der Waals surface area contributed by atoms with Crippen LogP contribution in [0, 0.1) is 5.92 Å². The largest absolute Gasteiger partial charge is 0.329 e. The van der Waals surface area contributed by atoms with E-state index in [1.807, 2.05) is 0 Å². The minimum Gasteiger partial charge on any atom is -0.329 e. The maximum absolute atomic E-state index is 6.29. The van der Waals surface area contributed by atoms with E-state index in [0.29, 0.717) is 0 Å². The maximum Gasteiger partial charge on any atom is 0.0372 e. The third kappa shape index (κ3) is 3.07. The van der Waals surface area contributed by atoms with Gasteiger partial charge in [-0.05, 0) is 50.0 Å². The lowest BCUT2D eigenvalue weighted by Gasteiger charge is -2.44. The highest BCUT2D eigenvalue weighted by Gasteiger charge is 2.44. The summed E-state index contributed by atoms with van der Waals surface area (Å²) < 4.78 is 0. The van der Waals surface area contributed by atoms with Crippen molar-refractivity contribution >= 4 is 0 Å². The van der Waals surface area contributed by atoms with Crippen LogP contribution in [0.15, 0.2) is 30.3 Å². The quantitative estimate of drug-likeness (QED) is 0.787. The molecule has 0 amide bonds. The second-order valence-corrected chi connectivity index (χ2v) is 6.77. The third-order valence-corrected chi connectivity index (χ3v) is 5.16. The van der Waals surface area contributed by atoms with Gasteiger partial charge in [-0.15, -0.1) is 0 Å². The Morgan fingerprint density at radius 1 is 1.15 bits per heavy atom. The van der Waals surface area contributed by atoms with E-state index >= 15 is 0 Å². The molecule has 110 valence electrons. The van der Waals surface area contributed by atoms with Gasteiger partial charge in [-0.2, -0.15) is 0 Å². The van der Waals surface area contributed by atoms with Gasteiger partial charge in [0.2, 0.25) is 0 Å². The molecule has 0 spiro atoms. The predicted octanol–water partition coefficient (Wildman–Crippen LogP) is 3.21. The predicted molar refractivity (Wildman–Crippen MR) is 84.7 cm³/mol. The van der Waals surface area contributed by atoms with Crippen LogP contribution in [0.4, 0.5) is 0 Å². The fourth-order valence-electron chi connectivity index (χ4n) is 3.43. The molecule has 2 heteroatoms. The lowest BCUT2D eigenvalue weighted by Crippen LogP contribution is -2.56. The molecular weight excluding hydrogens is 244 g/mol. The smallest absolute Gasteiger partial charge is 0.0372 e. The number of rotatable bonds is 8. The molecule has 0 saturated heterocycles. The van der Waals surface area contributed by atoms with Gasteiger partial charge in [0.15, 0.2) is 0 Å². The van der Waals surface area contributed by atoms with Crippen LogP contribution < -0.4 is 5.73 Å². The molecule has 2 fully saturated rings. The average Bonchev–Trinajstić information content (AvgIpc) is 3.37. The van der Waals surface area contributed by atoms with Crippen molar-refractivity contribution in [3.63, 3.8) is 0 Å². The fraction of sp³-hybridized carbons (Fsp3) is 0.667. The third-order valence-electron chi connectivity index (χ3n) is 5.16. The SMILES string of the molecule is CCC(CN)(Cc1ccccc1)N(CC1CC1)C1CC1. The molecule has 2 N–H and O–H groups in total. The first-order chi connectivity index (χ1) is 9.77. The van der Waals surface area contributed by atoms with Gasteiger partial charge in [0, 0.05) is 24.7 Å². The average molecular weight is 272 g/mol. The van der Waals surface area contributed by atoms with Crippen LogP contribution in [0.2, 0.25) is 0 Å². The van der Waals surface area contributed by atoms with Crippen LogP contribution in [-0.2, 0) is 6.42 Å². The van der Waals surface area contributed by atoms with Gasteiger partial charge in [-0.25, -0.2) is 0 Å². The lowest BCUT2D eigenvalue weighted by molar-refractivity contribution is 0.0744. The molecule has 1 aromatic rings. The van der Waals surface area contributed by atoms with Crippen molar-refractivity contribution in [3.05, 3.63) is 35.9 Å². The zero-order chi connectivity index (χ0) is 14.0. The number of nitrogens with two attached hydrogens (primary N) is 1. The van der Waals surface area contributed by atoms with E-state index in [-0.39, 0.29) is 5.54 Å². The zero-order valence-corrected chi connectivity index (χ0v) is 12.7. The van der Waals surface area contributed by atoms with E-state index in [9.17, 15) is 0 Å². The first kappa shape index (κ1) is 14.1. The summed E-state index contributed by atoms with van der Waals surface area (Å²) in [5.74, 6) is 0.948. The van der Waals surface area contributed by atoms with Crippen molar-refractivity contribution in [2.75, 3.05) is 13.1 Å². The van der Waals surface area contributed by atoms with Crippen molar-refractivity contribution in [1.29, 1.82) is 0 Å². The van der Waals surface area contributed by atoms with Gasteiger partial charge in [-0.1, -0.05) is 37.3 Å². The number of hydrogen-bond acceptors (Lipinski definition) is 2. The van der Waals surface area contributed by atoms with Crippen molar-refractivity contribution in [1.82, 2.24) is 4.90 Å². The molecule has 2 aliphatic carbocycles. The molecule has 2 saturated carbocycles. The molecule has 2 aliphatic rings. The van der Waals surface area contributed by atoms with Crippen LogP contribution in [0.5, 0.6) is 0 Å². The Balaban J connectivity index is 1.80. The summed E-state index contributed by atoms with van der Waals surface area (Å²) >= 11 is 0. The lowest BCUT2D eigenvalue weighted by atomic mass is 9.85. The van der Waals surface area contributed by atoms with E-state index in [0.717, 1.165) is 31.3 Å². The van der Waals surface area contributed by atoms with E-state index in [2.05, 4.69) is 42.2 Å². The second-order valence-electron chi connectivity index (χ2n) is 6.77. The van der Waals surface area contributed by atoms with Gasteiger partial charge in [-0.3, -0.25) is 4.90 Å². The molecule has 3 rings (SSSR count). The normalized spacial score (nSPS) is 21.9. The number of benzene rings is 1. The van der Waals surface area contributed by atoms with Gasteiger partial charge in [0.1, 0.15) is 0 Å². The van der Waals surface area contributed by atoms with Crippen LogP contribution in [0.25, 0.3) is 0 Å². The van der Waals surface area contributed by atoms with Crippen LogP contribution in [0.1, 0.15) is 44.6 Å². The summed E-state index contributed by atoms with van der Waals surface area (Å²) in [6.45, 7) is 4.38. The van der Waals surface area contributed by atoms with Crippen LogP contribution >= 0.6 is 0 Å². The molecule has 1 aromatic carbocycles. The standard InChI is InChI=1S/C18H28N2/c1-2-18(14-19,12-15-6-4-3-5-7-15)20(17-10-11-17)13-16-8-9-16/h3-7,16-17H,2,8-14,19H2,1H3. The minimum absolute atomic E-state index is 0.172. The Morgan fingerprint density at radius 2 is 1.85 bits per heavy atom. The Bertz CT molecular complexity index is 416. The molecule has 1 unspecified atom stereocenters. The summed E-state index contributed by atoms with van der Waals surface area (Å²) in [5, 5.41) is 0. The Kier molecular flexibility index (Phi) is 4.13. The highest BCUT2D eigenvalue weighted by atomic mass is 15.3. The second kappa shape index (κ2) is 5.87. The molecule has 0 radical (unpaired) electrons. The molecule has 0 aromatic heterocycles. The number of hydrogen-bond donors (Lipinski definition) is 1. The highest BCUT2D eigenvalue weighted by molar-refractivity contribution is 5.19. The Hall–Kier alpha value is -0.860. The van der Waals surface area contributed by atoms with Gasteiger partial charge < -0.3 is 5.73 Å². The minimum atomic E-state index is 0.172. The first-order valence-corrected chi connectivity index (χ1v) is 8.28. The monoisotopic (exact) mass is 272 g/mol. The molecule has 0 aliphatic heterocycles. The molecule has 0 heterocycles. The van der Waals surface area contributed by atoms with Gasteiger partial charge >= 0.3 is 0 Å². The number of nitrogens with zero attached hydrogens (tertiary/aromatic N) is 1. The summed E-state index contributed by atoms with van der Waals surface area (Å²) in [7, 11) is 0. The highest BCUT2D eigenvalue weighted by Crippen LogP contribution is 2.40. The molecular formula is C18H28N2. The van der Waals surface area contributed by atoms with E-state index < -0.39 is 0 Å². The van der Waals surface area contributed by atoms with Crippen LogP contribution in [0.3, 0.4) is 0 Å². The van der Waals surface area contributed by atoms with E-state index in [1.165, 1.54) is 37.8 Å². The molecule has 20 heavy (non-hydrogen) atoms. The summed E-state index contributed by atoms with van der Waals surface area (Å²) in [4.78, 5) is 2.79. The molecule has 2 nitrogen and oxygen atoms in total. The van der Waals surface area contributed by atoms with Crippen molar-refractivity contribution in [3.8, 4) is 0 Å². The van der Waals surface area contributed by atoms with Crippen molar-refractivity contribution in [2.45, 2.75) is 57.0 Å². The van der Waals surface area contributed by atoms with Crippen molar-refractivity contribution in [2.24, 2.45) is 11.7 Å². The zero-order valence-electron chi connectivity index (χ0n) is 12.7. The maximum atomic E-state index is 6.29. The summed E-state index contributed by atoms with van der Waals surface area (Å²) in [5.41, 5.74) is 7.89. The summed E-state index contributed by atoms with van der Waals surface area (Å²) in [6.07, 6.45) is 7.87. The van der Waals surface area contributed by atoms with Gasteiger partial charge in [0.05, 0.1) is 0 Å².